The molecule has 22 rings (SSSR count). The number of fused-ring (bicyclic) bond motifs is 8. The van der Waals surface area contributed by atoms with Crippen LogP contribution in [0.3, 0.4) is 0 Å². The summed E-state index contributed by atoms with van der Waals surface area (Å²) in [5, 5.41) is 8.56. The second-order valence-corrected chi connectivity index (χ2v) is 29.2. The SMILES string of the molecule is c1ccc(-c2nc(-c3ccc(-c4ccc(-c5ccc6c7c(cccc57)-c5ccccc5-6)cc4)cc3)cc(-c3ccc(-c4cc(-c5ccc(-c6nc(-c7ccc(-c8ccc(-c9ccc%10c%11c(cccc9%11)-c9ccccc9-%10)cc8)cc7)cc(-c7ccc(-c8cncc9ccccc89)cc7)n6)cc5)nc5ccccc45)cc3)n2)cc1. The average Bonchev–Trinajstić information content (AvgIpc) is 1.59. The molecule has 20 aromatic rings. The Morgan fingerprint density at radius 1 is 0.152 bits per heavy atom. The number of nitrogens with zero attached hydrogens (tertiary/aromatic N) is 6. The average molecular weight is 1420 g/mol. The molecule has 0 fully saturated rings. The maximum Gasteiger partial charge on any atom is 0.160 e. The third kappa shape index (κ3) is 11.1. The molecule has 0 N–H and O–H groups in total. The van der Waals surface area contributed by atoms with Crippen LogP contribution in [-0.2, 0) is 0 Å². The van der Waals surface area contributed by atoms with Crippen LogP contribution < -0.4 is 0 Å². The van der Waals surface area contributed by atoms with Crippen molar-refractivity contribution in [1.29, 1.82) is 0 Å². The fraction of sp³-hybridized carbons (Fsp3) is 0. The second kappa shape index (κ2) is 26.5. The summed E-state index contributed by atoms with van der Waals surface area (Å²) in [6.07, 6.45) is 3.87. The Bertz CT molecular complexity index is 7090. The summed E-state index contributed by atoms with van der Waals surface area (Å²) in [5.74, 6) is 1.29. The normalized spacial score (nSPS) is 11.8. The van der Waals surface area contributed by atoms with Crippen molar-refractivity contribution in [3.63, 3.8) is 0 Å². The van der Waals surface area contributed by atoms with E-state index in [0.29, 0.717) is 11.6 Å². The van der Waals surface area contributed by atoms with Crippen LogP contribution in [0.2, 0.25) is 0 Å². The van der Waals surface area contributed by atoms with Crippen molar-refractivity contribution in [3.8, 4) is 190 Å². The fourth-order valence-electron chi connectivity index (χ4n) is 17.1. The lowest BCUT2D eigenvalue weighted by Crippen LogP contribution is -1.96. The molecular weight excluding hydrogens is 1360 g/mol. The predicted molar refractivity (Wildman–Crippen MR) is 463 cm³/mol. The molecule has 0 bridgehead atoms. The van der Waals surface area contributed by atoms with Crippen molar-refractivity contribution in [3.05, 3.63) is 389 Å². The van der Waals surface area contributed by atoms with Crippen LogP contribution in [-0.4, -0.2) is 29.9 Å². The first-order chi connectivity index (χ1) is 55.5. The van der Waals surface area contributed by atoms with E-state index in [1.54, 1.807) is 0 Å². The van der Waals surface area contributed by atoms with Crippen molar-refractivity contribution in [2.75, 3.05) is 0 Å². The van der Waals surface area contributed by atoms with Gasteiger partial charge >= 0.3 is 0 Å². The number of benzene rings is 16. The van der Waals surface area contributed by atoms with Crippen LogP contribution in [0.15, 0.2) is 389 Å². The fourth-order valence-corrected chi connectivity index (χ4v) is 17.1. The zero-order chi connectivity index (χ0) is 73.7. The highest BCUT2D eigenvalue weighted by Gasteiger charge is 2.25. The largest absolute Gasteiger partial charge is 0.263 e. The van der Waals surface area contributed by atoms with Gasteiger partial charge in [0, 0.05) is 67.7 Å². The molecule has 0 atom stereocenters. The van der Waals surface area contributed by atoms with Crippen molar-refractivity contribution < 1.29 is 0 Å². The molecule has 16 aromatic carbocycles. The molecule has 0 aliphatic heterocycles. The summed E-state index contributed by atoms with van der Waals surface area (Å²) in [4.78, 5) is 31.1. The smallest absolute Gasteiger partial charge is 0.160 e. The highest BCUT2D eigenvalue weighted by atomic mass is 14.9. The monoisotopic (exact) mass is 1420 g/mol. The van der Waals surface area contributed by atoms with Gasteiger partial charge in [-0.15, -0.1) is 0 Å². The Hall–Kier alpha value is -15.0. The van der Waals surface area contributed by atoms with E-state index >= 15 is 0 Å². The molecule has 2 aliphatic carbocycles. The van der Waals surface area contributed by atoms with Crippen LogP contribution >= 0.6 is 0 Å². The van der Waals surface area contributed by atoms with E-state index in [9.17, 15) is 0 Å². The summed E-state index contributed by atoms with van der Waals surface area (Å²) < 4.78 is 0. The second-order valence-electron chi connectivity index (χ2n) is 29.2. The number of para-hydroxylation sites is 1. The molecule has 2 aliphatic rings. The van der Waals surface area contributed by atoms with Crippen LogP contribution in [0.25, 0.3) is 234 Å². The minimum absolute atomic E-state index is 0.624. The van der Waals surface area contributed by atoms with Crippen molar-refractivity contribution in [1.82, 2.24) is 29.9 Å². The van der Waals surface area contributed by atoms with Gasteiger partial charge in [-0.1, -0.05) is 352 Å². The van der Waals surface area contributed by atoms with Gasteiger partial charge in [-0.05, 0) is 157 Å². The lowest BCUT2D eigenvalue weighted by atomic mass is 9.93. The van der Waals surface area contributed by atoms with Crippen LogP contribution in [0, 0.1) is 0 Å². The van der Waals surface area contributed by atoms with E-state index in [4.69, 9.17) is 24.9 Å². The van der Waals surface area contributed by atoms with Crippen LogP contribution in [0.1, 0.15) is 0 Å². The van der Waals surface area contributed by atoms with E-state index < -0.39 is 0 Å². The molecule has 4 heterocycles. The number of hydrogen-bond donors (Lipinski definition) is 0. The quantitative estimate of drug-likeness (QED) is 0.114. The van der Waals surface area contributed by atoms with E-state index in [1.807, 2.05) is 30.6 Å². The van der Waals surface area contributed by atoms with E-state index in [1.165, 1.54) is 88.3 Å². The molecule has 0 saturated heterocycles. The minimum Gasteiger partial charge on any atom is -0.263 e. The van der Waals surface area contributed by atoms with Gasteiger partial charge in [0.2, 0.25) is 0 Å². The molecule has 0 unspecified atom stereocenters. The van der Waals surface area contributed by atoms with Crippen molar-refractivity contribution in [2.24, 2.45) is 0 Å². The molecular formula is C106H64N6. The lowest BCUT2D eigenvalue weighted by molar-refractivity contribution is 1.18. The van der Waals surface area contributed by atoms with Crippen molar-refractivity contribution in [2.45, 2.75) is 0 Å². The molecule has 518 valence electrons. The number of rotatable bonds is 13. The molecule has 0 amide bonds. The Balaban J connectivity index is 0.555. The van der Waals surface area contributed by atoms with Gasteiger partial charge in [0.15, 0.2) is 11.6 Å². The highest BCUT2D eigenvalue weighted by molar-refractivity contribution is 6.20. The lowest BCUT2D eigenvalue weighted by Gasteiger charge is -2.13. The zero-order valence-electron chi connectivity index (χ0n) is 60.6. The number of pyridine rings is 2. The Kier molecular flexibility index (Phi) is 15.2. The molecule has 6 nitrogen and oxygen atoms in total. The summed E-state index contributed by atoms with van der Waals surface area (Å²) in [5.41, 5.74) is 36.1. The van der Waals surface area contributed by atoms with Gasteiger partial charge in [-0.2, -0.15) is 0 Å². The summed E-state index contributed by atoms with van der Waals surface area (Å²) in [6, 6.07) is 135. The number of hydrogen-bond acceptors (Lipinski definition) is 6. The molecule has 112 heavy (non-hydrogen) atoms. The Labute approximate surface area is 647 Å². The predicted octanol–water partition coefficient (Wildman–Crippen LogP) is 27.6. The van der Waals surface area contributed by atoms with Gasteiger partial charge in [0.05, 0.1) is 34.0 Å². The van der Waals surface area contributed by atoms with Gasteiger partial charge in [-0.25, -0.2) is 24.9 Å². The maximum absolute atomic E-state index is 5.36. The molecule has 0 radical (unpaired) electrons. The Morgan fingerprint density at radius 2 is 0.455 bits per heavy atom. The van der Waals surface area contributed by atoms with E-state index in [-0.39, 0.29) is 0 Å². The van der Waals surface area contributed by atoms with Gasteiger partial charge in [-0.3, -0.25) is 4.98 Å². The van der Waals surface area contributed by atoms with Gasteiger partial charge in [0.25, 0.3) is 0 Å². The zero-order valence-corrected chi connectivity index (χ0v) is 60.6. The van der Waals surface area contributed by atoms with E-state index in [0.717, 1.165) is 134 Å². The minimum atomic E-state index is 0.624. The highest BCUT2D eigenvalue weighted by Crippen LogP contribution is 2.52. The molecule has 4 aromatic heterocycles. The van der Waals surface area contributed by atoms with Gasteiger partial charge in [0.1, 0.15) is 0 Å². The van der Waals surface area contributed by atoms with E-state index in [2.05, 4.69) is 363 Å². The topological polar surface area (TPSA) is 77.3 Å². The first-order valence-electron chi connectivity index (χ1n) is 38.1. The first kappa shape index (κ1) is 64.2. The molecule has 6 heteroatoms. The third-order valence-electron chi connectivity index (χ3n) is 22.8. The van der Waals surface area contributed by atoms with Crippen LogP contribution in [0.4, 0.5) is 0 Å². The summed E-state index contributed by atoms with van der Waals surface area (Å²) >= 11 is 0. The molecule has 0 saturated carbocycles. The first-order valence-corrected chi connectivity index (χ1v) is 38.1. The van der Waals surface area contributed by atoms with Crippen LogP contribution in [0.5, 0.6) is 0 Å². The summed E-state index contributed by atoms with van der Waals surface area (Å²) in [7, 11) is 0. The molecule has 0 spiro atoms. The van der Waals surface area contributed by atoms with Crippen molar-refractivity contribution >= 4 is 43.2 Å². The third-order valence-corrected chi connectivity index (χ3v) is 22.8. The maximum atomic E-state index is 5.36. The summed E-state index contributed by atoms with van der Waals surface area (Å²) in [6.45, 7) is 0. The Morgan fingerprint density at radius 3 is 0.902 bits per heavy atom. The van der Waals surface area contributed by atoms with Gasteiger partial charge < -0.3 is 0 Å². The standard InChI is InChI=1S/C106H64N6/c1-2-14-78(15-3-1)105-109-99(74-44-32-67(33-45-74)65-28-36-69(37-29-65)82-56-58-93-86-20-8-6-18-84(86)91-25-12-23-89(82)103(91)93)61-101(110-105)76-48-40-71(41-49-76)95-60-98(108-97-27-11-10-22-88(95)97)73-52-54-79(55-53-73)106-111-100(62-102(112-106)77-50-42-72(43-51-77)96-64-107-63-80-16-4-5-17-81(80)96)75-46-34-68(35-47-75)66-30-38-70(39-31-66)83-57-59-94-87-21-9-7-19-85(87)92-26-13-24-90(83)104(92)94/h1-64H. The number of aromatic nitrogens is 6.